The van der Waals surface area contributed by atoms with Gasteiger partial charge < -0.3 is 14.6 Å². The third-order valence-corrected chi connectivity index (χ3v) is 4.47. The summed E-state index contributed by atoms with van der Waals surface area (Å²) < 4.78 is 9.68. The van der Waals surface area contributed by atoms with E-state index in [1.165, 1.54) is 14.2 Å². The number of esters is 2. The number of aliphatic hydroxyl groups is 1. The van der Waals surface area contributed by atoms with Crippen LogP contribution < -0.4 is 0 Å². The maximum absolute atomic E-state index is 12.1. The molecule has 1 aliphatic carbocycles. The van der Waals surface area contributed by atoms with E-state index < -0.39 is 18.0 Å². The van der Waals surface area contributed by atoms with Crippen LogP contribution in [0.3, 0.4) is 0 Å². The van der Waals surface area contributed by atoms with Gasteiger partial charge in [-0.15, -0.1) is 0 Å². The summed E-state index contributed by atoms with van der Waals surface area (Å²) in [5.74, 6) is -1.85. The standard InChI is InChI=1S/C17H22O5/c1-21-16(19)12-8-9-13(17(20)22-2)15(18)10-14(12)11-6-4-3-5-7-11/h3-7,12-15,18H,8-10H2,1-2H3/t12-,13+,14+,15-/m0/s1. The molecule has 5 nitrogen and oxygen atoms in total. The van der Waals surface area contributed by atoms with Gasteiger partial charge in [-0.25, -0.2) is 0 Å². The van der Waals surface area contributed by atoms with E-state index in [-0.39, 0.29) is 17.8 Å². The van der Waals surface area contributed by atoms with E-state index in [1.54, 1.807) is 0 Å². The van der Waals surface area contributed by atoms with Gasteiger partial charge in [-0.2, -0.15) is 0 Å². The Morgan fingerprint density at radius 1 is 1.00 bits per heavy atom. The predicted octanol–water partition coefficient (Wildman–Crippen LogP) is 1.89. The molecule has 0 saturated heterocycles. The molecule has 1 fully saturated rings. The van der Waals surface area contributed by atoms with Crippen molar-refractivity contribution in [3.8, 4) is 0 Å². The number of hydrogen-bond donors (Lipinski definition) is 1. The molecule has 0 heterocycles. The van der Waals surface area contributed by atoms with Gasteiger partial charge in [0, 0.05) is 0 Å². The number of rotatable bonds is 3. The number of carbonyl (C=O) groups is 2. The summed E-state index contributed by atoms with van der Waals surface area (Å²) in [5, 5.41) is 10.4. The molecule has 5 heteroatoms. The lowest BCUT2D eigenvalue weighted by Gasteiger charge is -2.24. The monoisotopic (exact) mass is 306 g/mol. The number of hydrogen-bond acceptors (Lipinski definition) is 5. The van der Waals surface area contributed by atoms with E-state index in [4.69, 9.17) is 9.47 Å². The molecule has 1 saturated carbocycles. The van der Waals surface area contributed by atoms with Gasteiger partial charge in [-0.05, 0) is 30.7 Å². The van der Waals surface area contributed by atoms with E-state index >= 15 is 0 Å². The summed E-state index contributed by atoms with van der Waals surface area (Å²) in [5.41, 5.74) is 0.975. The number of carbonyl (C=O) groups excluding carboxylic acids is 2. The second-order valence-electron chi connectivity index (χ2n) is 5.66. The normalized spacial score (nSPS) is 28.5. The molecule has 0 spiro atoms. The topological polar surface area (TPSA) is 72.8 Å². The lowest BCUT2D eigenvalue weighted by Crippen LogP contribution is -2.29. The summed E-state index contributed by atoms with van der Waals surface area (Å²) in [6.45, 7) is 0. The third-order valence-electron chi connectivity index (χ3n) is 4.47. The van der Waals surface area contributed by atoms with Gasteiger partial charge in [-0.1, -0.05) is 30.3 Å². The highest BCUT2D eigenvalue weighted by molar-refractivity contribution is 5.75. The van der Waals surface area contributed by atoms with Gasteiger partial charge >= 0.3 is 11.9 Å². The molecular formula is C17H22O5. The average molecular weight is 306 g/mol. The molecule has 22 heavy (non-hydrogen) atoms. The maximum atomic E-state index is 12.1. The molecule has 0 aromatic heterocycles. The first-order chi connectivity index (χ1) is 10.6. The van der Waals surface area contributed by atoms with Gasteiger partial charge in [0.2, 0.25) is 0 Å². The molecule has 1 aromatic rings. The Kier molecular flexibility index (Phi) is 5.55. The number of methoxy groups -OCH3 is 2. The zero-order valence-corrected chi connectivity index (χ0v) is 12.9. The lowest BCUT2D eigenvalue weighted by molar-refractivity contribution is -0.150. The Balaban J connectivity index is 2.31. The van der Waals surface area contributed by atoms with Crippen LogP contribution >= 0.6 is 0 Å². The summed E-state index contributed by atoms with van der Waals surface area (Å²) in [6, 6.07) is 9.58. The van der Waals surface area contributed by atoms with Gasteiger partial charge in [0.05, 0.1) is 32.2 Å². The summed E-state index contributed by atoms with van der Waals surface area (Å²) in [4.78, 5) is 24.0. The zero-order chi connectivity index (χ0) is 16.1. The van der Waals surface area contributed by atoms with E-state index in [1.807, 2.05) is 30.3 Å². The largest absolute Gasteiger partial charge is 0.469 e. The molecule has 0 aliphatic heterocycles. The fourth-order valence-corrected chi connectivity index (χ4v) is 3.27. The predicted molar refractivity (Wildman–Crippen MR) is 80.1 cm³/mol. The van der Waals surface area contributed by atoms with Crippen LogP contribution in [0.1, 0.15) is 30.7 Å². The van der Waals surface area contributed by atoms with Crippen molar-refractivity contribution in [2.24, 2.45) is 11.8 Å². The molecule has 0 radical (unpaired) electrons. The first kappa shape index (κ1) is 16.5. The van der Waals surface area contributed by atoms with Crippen LogP contribution in [0.4, 0.5) is 0 Å². The zero-order valence-electron chi connectivity index (χ0n) is 12.9. The van der Waals surface area contributed by atoms with Crippen LogP contribution in [0.25, 0.3) is 0 Å². The third kappa shape index (κ3) is 3.47. The molecule has 1 aromatic carbocycles. The minimum atomic E-state index is -0.827. The average Bonchev–Trinajstić information content (AvgIpc) is 2.73. The fourth-order valence-electron chi connectivity index (χ4n) is 3.27. The molecular weight excluding hydrogens is 284 g/mol. The van der Waals surface area contributed by atoms with Crippen LogP contribution in [-0.4, -0.2) is 37.4 Å². The van der Waals surface area contributed by atoms with Crippen molar-refractivity contribution in [1.29, 1.82) is 0 Å². The number of benzene rings is 1. The fraction of sp³-hybridized carbons (Fsp3) is 0.529. The van der Waals surface area contributed by atoms with Crippen molar-refractivity contribution in [3.63, 3.8) is 0 Å². The van der Waals surface area contributed by atoms with Gasteiger partial charge in [0.1, 0.15) is 0 Å². The van der Waals surface area contributed by atoms with Gasteiger partial charge in [0.25, 0.3) is 0 Å². The Morgan fingerprint density at radius 2 is 1.55 bits per heavy atom. The maximum Gasteiger partial charge on any atom is 0.311 e. The Hall–Kier alpha value is -1.88. The summed E-state index contributed by atoms with van der Waals surface area (Å²) in [7, 11) is 2.68. The SMILES string of the molecule is COC(=O)[C@H]1CC[C@@H](C(=O)OC)[C@@H](O)C[C@@H]1c1ccccc1. The Bertz CT molecular complexity index is 513. The molecule has 120 valence electrons. The highest BCUT2D eigenvalue weighted by atomic mass is 16.5. The highest BCUT2D eigenvalue weighted by Crippen LogP contribution is 2.39. The summed E-state index contributed by atoms with van der Waals surface area (Å²) in [6.07, 6.45) is 0.413. The van der Waals surface area contributed by atoms with E-state index in [0.29, 0.717) is 19.3 Å². The van der Waals surface area contributed by atoms with Crippen LogP contribution in [0.2, 0.25) is 0 Å². The number of aliphatic hydroxyl groups excluding tert-OH is 1. The van der Waals surface area contributed by atoms with E-state index in [0.717, 1.165) is 5.56 Å². The van der Waals surface area contributed by atoms with Gasteiger partial charge in [0.15, 0.2) is 0 Å². The first-order valence-corrected chi connectivity index (χ1v) is 7.47. The Morgan fingerprint density at radius 3 is 2.14 bits per heavy atom. The molecule has 0 bridgehead atoms. The smallest absolute Gasteiger partial charge is 0.311 e. The van der Waals surface area contributed by atoms with Gasteiger partial charge in [-0.3, -0.25) is 9.59 Å². The molecule has 1 aliphatic rings. The van der Waals surface area contributed by atoms with Crippen LogP contribution in [0.5, 0.6) is 0 Å². The molecule has 0 amide bonds. The first-order valence-electron chi connectivity index (χ1n) is 7.47. The highest BCUT2D eigenvalue weighted by Gasteiger charge is 2.40. The second kappa shape index (κ2) is 7.40. The van der Waals surface area contributed by atoms with Crippen molar-refractivity contribution < 1.29 is 24.2 Å². The Labute approximate surface area is 130 Å². The number of ether oxygens (including phenoxy) is 2. The molecule has 0 unspecified atom stereocenters. The minimum absolute atomic E-state index is 0.168. The lowest BCUT2D eigenvalue weighted by atomic mass is 9.82. The van der Waals surface area contributed by atoms with Crippen LogP contribution in [0.15, 0.2) is 30.3 Å². The van der Waals surface area contributed by atoms with E-state index in [9.17, 15) is 14.7 Å². The van der Waals surface area contributed by atoms with Crippen molar-refractivity contribution >= 4 is 11.9 Å². The van der Waals surface area contributed by atoms with Crippen molar-refractivity contribution in [2.75, 3.05) is 14.2 Å². The van der Waals surface area contributed by atoms with Crippen molar-refractivity contribution in [1.82, 2.24) is 0 Å². The molecule has 4 atom stereocenters. The second-order valence-corrected chi connectivity index (χ2v) is 5.66. The molecule has 2 rings (SSSR count). The minimum Gasteiger partial charge on any atom is -0.469 e. The molecule has 1 N–H and O–H groups in total. The quantitative estimate of drug-likeness (QED) is 0.682. The summed E-state index contributed by atoms with van der Waals surface area (Å²) >= 11 is 0. The van der Waals surface area contributed by atoms with Crippen LogP contribution in [0, 0.1) is 11.8 Å². The van der Waals surface area contributed by atoms with Crippen LogP contribution in [-0.2, 0) is 19.1 Å². The van der Waals surface area contributed by atoms with Crippen molar-refractivity contribution in [3.05, 3.63) is 35.9 Å². The van der Waals surface area contributed by atoms with Crippen molar-refractivity contribution in [2.45, 2.75) is 31.3 Å². The van der Waals surface area contributed by atoms with E-state index in [2.05, 4.69) is 0 Å².